The zero-order valence-corrected chi connectivity index (χ0v) is 17.4. The van der Waals surface area contributed by atoms with Gasteiger partial charge in [-0.2, -0.15) is 9.78 Å². The first kappa shape index (κ1) is 21.2. The number of hydrazone groups is 1. The Labute approximate surface area is 182 Å². The van der Waals surface area contributed by atoms with Crippen LogP contribution in [0.5, 0.6) is 11.5 Å². The lowest BCUT2D eigenvalue weighted by Gasteiger charge is -2.25. The molecule has 1 aliphatic heterocycles. The second kappa shape index (κ2) is 9.43. The summed E-state index contributed by atoms with van der Waals surface area (Å²) >= 11 is 0. The molecule has 3 aromatic rings. The van der Waals surface area contributed by atoms with E-state index in [1.165, 1.54) is 30.5 Å². The van der Waals surface area contributed by atoms with Gasteiger partial charge in [-0.1, -0.05) is 11.6 Å². The van der Waals surface area contributed by atoms with Crippen molar-refractivity contribution in [1.29, 1.82) is 0 Å². The Morgan fingerprint density at radius 3 is 2.84 bits per heavy atom. The van der Waals surface area contributed by atoms with Crippen LogP contribution in [-0.2, 0) is 6.54 Å². The second-order valence-corrected chi connectivity index (χ2v) is 7.24. The molecule has 4 rings (SSSR count). The van der Waals surface area contributed by atoms with Crippen molar-refractivity contribution in [2.24, 2.45) is 5.10 Å². The SMILES string of the molecule is COc1ccc(/C=N/NC(=O)c2c(CN3CCCCC3)nnn2-c2nonc2N)cc1O. The van der Waals surface area contributed by atoms with E-state index in [4.69, 9.17) is 10.5 Å². The largest absolute Gasteiger partial charge is 0.504 e. The van der Waals surface area contributed by atoms with Crippen molar-refractivity contribution in [2.45, 2.75) is 25.8 Å². The van der Waals surface area contributed by atoms with Crippen molar-refractivity contribution < 1.29 is 19.3 Å². The Morgan fingerprint density at radius 2 is 2.16 bits per heavy atom. The summed E-state index contributed by atoms with van der Waals surface area (Å²) in [5, 5.41) is 29.3. The monoisotopic (exact) mass is 441 g/mol. The number of nitrogens with one attached hydrogen (secondary N) is 1. The maximum Gasteiger partial charge on any atom is 0.292 e. The van der Waals surface area contributed by atoms with Gasteiger partial charge in [0.25, 0.3) is 5.91 Å². The highest BCUT2D eigenvalue weighted by Gasteiger charge is 2.26. The molecule has 13 heteroatoms. The molecule has 1 aromatic carbocycles. The number of ether oxygens (including phenoxy) is 1. The van der Waals surface area contributed by atoms with Crippen molar-refractivity contribution in [3.63, 3.8) is 0 Å². The van der Waals surface area contributed by atoms with Crippen LogP contribution in [0.2, 0.25) is 0 Å². The van der Waals surface area contributed by atoms with Gasteiger partial charge in [0.05, 0.1) is 13.3 Å². The zero-order chi connectivity index (χ0) is 22.5. The van der Waals surface area contributed by atoms with Crippen LogP contribution in [0.15, 0.2) is 27.9 Å². The number of nitrogens with zero attached hydrogens (tertiary/aromatic N) is 7. The molecule has 0 atom stereocenters. The Bertz CT molecular complexity index is 1120. The topological polar surface area (TPSA) is 170 Å². The Balaban J connectivity index is 1.57. The third kappa shape index (κ3) is 4.51. The first-order chi connectivity index (χ1) is 15.6. The summed E-state index contributed by atoms with van der Waals surface area (Å²) in [6, 6.07) is 4.74. The molecular weight excluding hydrogens is 418 g/mol. The average Bonchev–Trinajstić information content (AvgIpc) is 3.40. The van der Waals surface area contributed by atoms with Gasteiger partial charge in [0, 0.05) is 6.54 Å². The fourth-order valence-corrected chi connectivity index (χ4v) is 3.47. The number of phenolic OH excluding ortho intramolecular Hbond substituents is 1. The number of phenols is 1. The highest BCUT2D eigenvalue weighted by atomic mass is 16.6. The van der Waals surface area contributed by atoms with Crippen molar-refractivity contribution >= 4 is 17.9 Å². The van der Waals surface area contributed by atoms with Gasteiger partial charge in [-0.15, -0.1) is 5.10 Å². The van der Waals surface area contributed by atoms with Crippen LogP contribution in [0.3, 0.4) is 0 Å². The van der Waals surface area contributed by atoms with Crippen molar-refractivity contribution in [1.82, 2.24) is 35.6 Å². The highest BCUT2D eigenvalue weighted by Crippen LogP contribution is 2.25. The molecule has 0 spiro atoms. The lowest BCUT2D eigenvalue weighted by Crippen LogP contribution is -2.31. The predicted octanol–water partition coefficient (Wildman–Crippen LogP) is 0.696. The van der Waals surface area contributed by atoms with E-state index in [0.717, 1.165) is 25.9 Å². The number of aromatic nitrogens is 5. The van der Waals surface area contributed by atoms with E-state index >= 15 is 0 Å². The fraction of sp³-hybridized carbons (Fsp3) is 0.368. The molecule has 168 valence electrons. The number of hydrogen-bond acceptors (Lipinski definition) is 11. The molecule has 0 aliphatic carbocycles. The summed E-state index contributed by atoms with van der Waals surface area (Å²) < 4.78 is 10.8. The number of nitrogens with two attached hydrogens (primary N) is 1. The summed E-state index contributed by atoms with van der Waals surface area (Å²) in [7, 11) is 1.46. The van der Waals surface area contributed by atoms with E-state index in [1.807, 2.05) is 0 Å². The number of anilines is 1. The zero-order valence-electron chi connectivity index (χ0n) is 17.4. The maximum absolute atomic E-state index is 13.0. The standard InChI is InChI=1S/C19H23N9O4/c1-31-15-6-5-12(9-14(15)29)10-21-23-19(30)16-13(11-27-7-3-2-4-8-27)22-26-28(16)18-17(20)24-32-25-18/h5-6,9-10,29H,2-4,7-8,11H2,1H3,(H2,20,24)(H,23,30)/b21-10+. The number of likely N-dealkylation sites (tertiary alicyclic amines) is 1. The quantitative estimate of drug-likeness (QED) is 0.350. The summed E-state index contributed by atoms with van der Waals surface area (Å²) in [6.07, 6.45) is 4.76. The number of nitrogen functional groups attached to an aromatic ring is 1. The molecule has 1 aliphatic rings. The second-order valence-electron chi connectivity index (χ2n) is 7.24. The lowest BCUT2D eigenvalue weighted by molar-refractivity contribution is 0.0944. The molecular formula is C19H23N9O4. The van der Waals surface area contributed by atoms with Crippen molar-refractivity contribution in [3.05, 3.63) is 35.2 Å². The molecule has 0 saturated carbocycles. The number of carbonyl (C=O) groups excluding carboxylic acids is 1. The van der Waals surface area contributed by atoms with Gasteiger partial charge in [0.2, 0.25) is 11.6 Å². The van der Waals surface area contributed by atoms with E-state index in [-0.39, 0.29) is 23.1 Å². The van der Waals surface area contributed by atoms with Crippen LogP contribution in [-0.4, -0.2) is 67.6 Å². The summed E-state index contributed by atoms with van der Waals surface area (Å²) in [5.74, 6) is -0.217. The molecule has 1 fully saturated rings. The summed E-state index contributed by atoms with van der Waals surface area (Å²) in [6.45, 7) is 2.28. The number of piperidine rings is 1. The minimum absolute atomic E-state index is 0.0225. The normalized spacial score (nSPS) is 14.7. The van der Waals surface area contributed by atoms with Crippen LogP contribution >= 0.6 is 0 Å². The Morgan fingerprint density at radius 1 is 1.34 bits per heavy atom. The molecule has 4 N–H and O–H groups in total. The molecule has 2 aromatic heterocycles. The minimum Gasteiger partial charge on any atom is -0.504 e. The van der Waals surface area contributed by atoms with Crippen LogP contribution in [0.25, 0.3) is 5.82 Å². The van der Waals surface area contributed by atoms with E-state index in [2.05, 4.69) is 40.7 Å². The van der Waals surface area contributed by atoms with E-state index in [0.29, 0.717) is 23.6 Å². The number of aromatic hydroxyl groups is 1. The van der Waals surface area contributed by atoms with Gasteiger partial charge in [0.15, 0.2) is 17.2 Å². The van der Waals surface area contributed by atoms with Crippen molar-refractivity contribution in [3.8, 4) is 17.3 Å². The van der Waals surface area contributed by atoms with Crippen molar-refractivity contribution in [2.75, 3.05) is 25.9 Å². The molecule has 0 bridgehead atoms. The van der Waals surface area contributed by atoms with Crippen LogP contribution in [0.1, 0.15) is 41.0 Å². The number of methoxy groups -OCH3 is 1. The van der Waals surface area contributed by atoms with Gasteiger partial charge in [-0.05, 0) is 60.0 Å². The smallest absolute Gasteiger partial charge is 0.292 e. The molecule has 32 heavy (non-hydrogen) atoms. The number of hydrogen-bond donors (Lipinski definition) is 3. The molecule has 1 amide bonds. The molecule has 3 heterocycles. The summed E-state index contributed by atoms with van der Waals surface area (Å²) in [5.41, 5.74) is 9.41. The maximum atomic E-state index is 13.0. The third-order valence-electron chi connectivity index (χ3n) is 5.06. The average molecular weight is 441 g/mol. The predicted molar refractivity (Wildman–Crippen MR) is 112 cm³/mol. The first-order valence-electron chi connectivity index (χ1n) is 10.0. The summed E-state index contributed by atoms with van der Waals surface area (Å²) in [4.78, 5) is 15.2. The first-order valence-corrected chi connectivity index (χ1v) is 10.0. The van der Waals surface area contributed by atoms with Gasteiger partial charge >= 0.3 is 0 Å². The van der Waals surface area contributed by atoms with Gasteiger partial charge in [0.1, 0.15) is 5.69 Å². The van der Waals surface area contributed by atoms with Gasteiger partial charge < -0.3 is 15.6 Å². The lowest BCUT2D eigenvalue weighted by atomic mass is 10.1. The van der Waals surface area contributed by atoms with E-state index in [9.17, 15) is 9.90 Å². The minimum atomic E-state index is -0.557. The number of carbonyl (C=O) groups is 1. The Hall–Kier alpha value is -4.00. The third-order valence-corrected chi connectivity index (χ3v) is 5.06. The van der Waals surface area contributed by atoms with E-state index < -0.39 is 5.91 Å². The number of rotatable bonds is 7. The van der Waals surface area contributed by atoms with Gasteiger partial charge in [-0.3, -0.25) is 9.69 Å². The van der Waals surface area contributed by atoms with Crippen LogP contribution < -0.4 is 15.9 Å². The Kier molecular flexibility index (Phi) is 6.26. The van der Waals surface area contributed by atoms with E-state index in [1.54, 1.807) is 12.1 Å². The molecule has 0 radical (unpaired) electrons. The number of benzene rings is 1. The molecule has 13 nitrogen and oxygen atoms in total. The number of amides is 1. The van der Waals surface area contributed by atoms with Crippen LogP contribution in [0.4, 0.5) is 5.82 Å². The molecule has 0 unspecified atom stereocenters. The molecule has 1 saturated heterocycles. The fourth-order valence-electron chi connectivity index (χ4n) is 3.47. The van der Waals surface area contributed by atoms with Gasteiger partial charge in [-0.25, -0.2) is 10.1 Å². The van der Waals surface area contributed by atoms with Crippen LogP contribution in [0, 0.1) is 0 Å². The highest BCUT2D eigenvalue weighted by molar-refractivity contribution is 5.95.